The molecule has 3 aliphatic rings. The number of allylic oxidation sites excluding steroid dienone is 5. The Morgan fingerprint density at radius 2 is 1.88 bits per heavy atom. The third kappa shape index (κ3) is 4.48. The van der Waals surface area contributed by atoms with Crippen LogP contribution in [0, 0.1) is 5.92 Å². The maximum Gasteiger partial charge on any atom is 0.332 e. The minimum Gasteiger partial charge on any atom is -0.508 e. The van der Waals surface area contributed by atoms with E-state index in [-0.39, 0.29) is 42.0 Å². The predicted octanol–water partition coefficient (Wildman–Crippen LogP) is 4.26. The summed E-state index contributed by atoms with van der Waals surface area (Å²) in [6.45, 7) is 0.156. The number of ether oxygens (including phenoxy) is 3. The largest absolute Gasteiger partial charge is 0.508 e. The van der Waals surface area contributed by atoms with Crippen LogP contribution >= 0.6 is 0 Å². The number of aliphatic carboxylic acids is 1. The smallest absolute Gasteiger partial charge is 0.332 e. The fourth-order valence-corrected chi connectivity index (χ4v) is 4.44. The van der Waals surface area contributed by atoms with Crippen molar-refractivity contribution in [1.29, 1.82) is 0 Å². The Labute approximate surface area is 186 Å². The van der Waals surface area contributed by atoms with Gasteiger partial charge in [0.1, 0.15) is 23.4 Å². The first-order valence-electron chi connectivity index (χ1n) is 10.7. The standard InChI is InChI=1S/C25H26O7/c1-30-20-5-3-2-4-16(20)12-19(24(27)15-6-9-18(26)10-7-15)23(25(28)29)17-8-11-21-22(13-17)32-14-31-21/h4-7,9-10,13,17,21,26H,2-3,8,11-12,14H2,1H3,(H,28,29)/b23-19-. The predicted molar refractivity (Wildman–Crippen MR) is 116 cm³/mol. The average molecular weight is 438 g/mol. The first kappa shape index (κ1) is 21.9. The van der Waals surface area contributed by atoms with Gasteiger partial charge >= 0.3 is 5.97 Å². The Bertz CT molecular complexity index is 1030. The first-order chi connectivity index (χ1) is 15.5. The Balaban J connectivity index is 1.80. The van der Waals surface area contributed by atoms with E-state index in [1.165, 1.54) is 24.3 Å². The van der Waals surface area contributed by atoms with Crippen LogP contribution in [-0.4, -0.2) is 42.0 Å². The number of fused-ring (bicyclic) bond motifs is 1. The van der Waals surface area contributed by atoms with Gasteiger partial charge < -0.3 is 24.4 Å². The summed E-state index contributed by atoms with van der Waals surface area (Å²) >= 11 is 0. The lowest BCUT2D eigenvalue weighted by atomic mass is 9.80. The quantitative estimate of drug-likeness (QED) is 0.484. The van der Waals surface area contributed by atoms with Gasteiger partial charge in [-0.15, -0.1) is 0 Å². The fraction of sp³-hybridized carbons (Fsp3) is 0.360. The van der Waals surface area contributed by atoms with Gasteiger partial charge in [-0.2, -0.15) is 0 Å². The lowest BCUT2D eigenvalue weighted by molar-refractivity contribution is -0.133. The minimum absolute atomic E-state index is 0.0339. The van der Waals surface area contributed by atoms with E-state index in [0.29, 0.717) is 29.9 Å². The van der Waals surface area contributed by atoms with Crippen molar-refractivity contribution in [2.75, 3.05) is 13.9 Å². The number of Topliss-reactive ketones (excluding diaryl/α,β-unsaturated/α-hetero) is 1. The third-order valence-corrected chi connectivity index (χ3v) is 6.04. The number of rotatable bonds is 7. The molecule has 168 valence electrons. The van der Waals surface area contributed by atoms with Crippen LogP contribution in [0.2, 0.25) is 0 Å². The highest BCUT2D eigenvalue weighted by Crippen LogP contribution is 2.38. The number of aromatic hydroxyl groups is 1. The number of methoxy groups -OCH3 is 1. The van der Waals surface area contributed by atoms with Crippen LogP contribution < -0.4 is 0 Å². The number of hydrogen-bond donors (Lipinski definition) is 2. The van der Waals surface area contributed by atoms with Gasteiger partial charge in [-0.05, 0) is 67.7 Å². The van der Waals surface area contributed by atoms with Gasteiger partial charge in [-0.25, -0.2) is 4.79 Å². The number of carboxylic acids is 1. The van der Waals surface area contributed by atoms with E-state index in [1.54, 1.807) is 13.2 Å². The number of ketones is 1. The molecule has 2 aliphatic carbocycles. The van der Waals surface area contributed by atoms with Crippen LogP contribution in [0.1, 0.15) is 42.5 Å². The topological polar surface area (TPSA) is 102 Å². The van der Waals surface area contributed by atoms with Crippen molar-refractivity contribution in [3.05, 3.63) is 76.3 Å². The van der Waals surface area contributed by atoms with E-state index in [9.17, 15) is 19.8 Å². The molecule has 0 bridgehead atoms. The summed E-state index contributed by atoms with van der Waals surface area (Å²) in [4.78, 5) is 26.1. The summed E-state index contributed by atoms with van der Waals surface area (Å²) in [6.07, 6.45) is 8.50. The lowest BCUT2D eigenvalue weighted by Gasteiger charge is -2.25. The molecular weight excluding hydrogens is 412 g/mol. The number of hydrogen-bond acceptors (Lipinski definition) is 6. The Kier molecular flexibility index (Phi) is 6.46. The fourth-order valence-electron chi connectivity index (χ4n) is 4.44. The number of carboxylic acid groups (broad SMARTS) is 1. The van der Waals surface area contributed by atoms with Gasteiger partial charge in [0, 0.05) is 23.5 Å². The number of benzene rings is 1. The molecule has 0 saturated carbocycles. The Morgan fingerprint density at radius 1 is 1.12 bits per heavy atom. The molecule has 2 unspecified atom stereocenters. The molecule has 1 saturated heterocycles. The average Bonchev–Trinajstić information content (AvgIpc) is 3.27. The van der Waals surface area contributed by atoms with E-state index in [0.717, 1.165) is 18.4 Å². The summed E-state index contributed by atoms with van der Waals surface area (Å²) in [6, 6.07) is 5.84. The zero-order valence-electron chi connectivity index (χ0n) is 17.9. The molecule has 32 heavy (non-hydrogen) atoms. The second-order valence-corrected chi connectivity index (χ2v) is 8.00. The van der Waals surface area contributed by atoms with E-state index >= 15 is 0 Å². The zero-order valence-corrected chi connectivity index (χ0v) is 17.9. The summed E-state index contributed by atoms with van der Waals surface area (Å²) in [5, 5.41) is 19.8. The second kappa shape index (κ2) is 9.44. The van der Waals surface area contributed by atoms with Crippen molar-refractivity contribution in [2.24, 2.45) is 5.92 Å². The van der Waals surface area contributed by atoms with Gasteiger partial charge in [0.2, 0.25) is 0 Å². The first-order valence-corrected chi connectivity index (χ1v) is 10.7. The van der Waals surface area contributed by atoms with E-state index in [4.69, 9.17) is 14.2 Å². The van der Waals surface area contributed by atoms with Crippen LogP contribution in [0.15, 0.2) is 70.7 Å². The molecule has 7 nitrogen and oxygen atoms in total. The van der Waals surface area contributed by atoms with Gasteiger partial charge in [-0.1, -0.05) is 6.08 Å². The monoisotopic (exact) mass is 438 g/mol. The molecular formula is C25H26O7. The molecule has 1 aromatic carbocycles. The summed E-state index contributed by atoms with van der Waals surface area (Å²) in [5.41, 5.74) is 1.38. The molecule has 0 amide bonds. The molecule has 2 N–H and O–H groups in total. The molecule has 1 fully saturated rings. The van der Waals surface area contributed by atoms with Crippen LogP contribution in [-0.2, 0) is 19.0 Å². The molecule has 1 aromatic rings. The molecule has 0 aromatic heterocycles. The molecule has 1 aliphatic heterocycles. The zero-order chi connectivity index (χ0) is 22.7. The van der Waals surface area contributed by atoms with Crippen LogP contribution in [0.25, 0.3) is 0 Å². The molecule has 7 heteroatoms. The maximum atomic E-state index is 13.6. The summed E-state index contributed by atoms with van der Waals surface area (Å²) < 4.78 is 16.5. The molecule has 4 rings (SSSR count). The lowest BCUT2D eigenvalue weighted by Crippen LogP contribution is -2.24. The highest BCUT2D eigenvalue weighted by atomic mass is 16.7. The summed E-state index contributed by atoms with van der Waals surface area (Å²) in [5.74, 6) is -0.668. The number of carbonyl (C=O) groups excluding carboxylic acids is 1. The SMILES string of the molecule is COC1=CCCC=C1C/C(C(=O)c1ccc(O)cc1)=C(/C(=O)O)C1C=C2OCOC2CC1. The minimum atomic E-state index is -1.13. The van der Waals surface area contributed by atoms with Crippen molar-refractivity contribution in [2.45, 2.75) is 38.2 Å². The van der Waals surface area contributed by atoms with E-state index in [1.807, 2.05) is 12.2 Å². The third-order valence-electron chi connectivity index (χ3n) is 6.04. The Hall–Kier alpha value is -3.32. The normalized spacial score (nSPS) is 23.1. The molecule has 1 heterocycles. The van der Waals surface area contributed by atoms with Crippen LogP contribution in [0.5, 0.6) is 5.75 Å². The van der Waals surface area contributed by atoms with Crippen molar-refractivity contribution in [3.8, 4) is 5.75 Å². The molecule has 0 spiro atoms. The number of phenols is 1. The van der Waals surface area contributed by atoms with Crippen LogP contribution in [0.4, 0.5) is 0 Å². The van der Waals surface area contributed by atoms with Gasteiger partial charge in [0.05, 0.1) is 12.7 Å². The summed E-state index contributed by atoms with van der Waals surface area (Å²) in [7, 11) is 1.57. The van der Waals surface area contributed by atoms with Crippen molar-refractivity contribution < 1.29 is 34.0 Å². The van der Waals surface area contributed by atoms with Crippen molar-refractivity contribution in [1.82, 2.24) is 0 Å². The van der Waals surface area contributed by atoms with Gasteiger partial charge in [-0.3, -0.25) is 4.79 Å². The highest BCUT2D eigenvalue weighted by molar-refractivity contribution is 6.13. The molecule has 2 atom stereocenters. The number of phenolic OH excluding ortho intramolecular Hbond substituents is 1. The second-order valence-electron chi connectivity index (χ2n) is 8.00. The highest BCUT2D eigenvalue weighted by Gasteiger charge is 2.35. The Morgan fingerprint density at radius 3 is 2.59 bits per heavy atom. The van der Waals surface area contributed by atoms with Gasteiger partial charge in [0.15, 0.2) is 12.6 Å². The van der Waals surface area contributed by atoms with Crippen molar-refractivity contribution >= 4 is 11.8 Å². The molecule has 0 radical (unpaired) electrons. The number of carbonyl (C=O) groups is 2. The van der Waals surface area contributed by atoms with Crippen LogP contribution in [0.3, 0.4) is 0 Å². The van der Waals surface area contributed by atoms with Crippen molar-refractivity contribution in [3.63, 3.8) is 0 Å². The van der Waals surface area contributed by atoms with Gasteiger partial charge in [0.25, 0.3) is 0 Å². The van der Waals surface area contributed by atoms with E-state index < -0.39 is 11.9 Å². The maximum absolute atomic E-state index is 13.6. The van der Waals surface area contributed by atoms with E-state index in [2.05, 4.69) is 0 Å².